The van der Waals surface area contributed by atoms with Gasteiger partial charge in [0.1, 0.15) is 0 Å². The van der Waals surface area contributed by atoms with Crippen molar-refractivity contribution in [2.45, 2.75) is 77.3 Å². The Morgan fingerprint density at radius 2 is 1.81 bits per heavy atom. The first-order valence-corrected chi connectivity index (χ1v) is 12.0. The minimum Gasteiger partial charge on any atom is -0.354 e. The average molecular weight is 497 g/mol. The minimum atomic E-state index is -2.82. The average Bonchev–Trinajstić information content (AvgIpc) is 3.12. The van der Waals surface area contributed by atoms with E-state index in [1.54, 1.807) is 0 Å². The van der Waals surface area contributed by atoms with E-state index in [0.717, 1.165) is 18.3 Å². The fraction of sp³-hybridized carbons (Fsp3) is 0.947. The number of hydrogen-bond donors (Lipinski definition) is 2. The maximum absolute atomic E-state index is 11.7. The first kappa shape index (κ1) is 22.2. The molecule has 1 saturated heterocycles. The van der Waals surface area contributed by atoms with Crippen LogP contribution in [0.25, 0.3) is 0 Å². The van der Waals surface area contributed by atoms with Crippen molar-refractivity contribution in [3.8, 4) is 0 Å². The Labute approximate surface area is 176 Å². The topological polar surface area (TPSA) is 70.6 Å². The number of rotatable bonds is 4. The molecule has 3 rings (SSSR count). The fourth-order valence-corrected chi connectivity index (χ4v) is 6.46. The highest BCUT2D eigenvalue weighted by Crippen LogP contribution is 2.26. The lowest BCUT2D eigenvalue weighted by Crippen LogP contribution is -2.49. The number of halogens is 1. The smallest absolute Gasteiger partial charge is 0.191 e. The van der Waals surface area contributed by atoms with E-state index in [1.165, 1.54) is 44.9 Å². The van der Waals surface area contributed by atoms with Crippen molar-refractivity contribution < 1.29 is 8.42 Å². The van der Waals surface area contributed by atoms with Gasteiger partial charge in [0.25, 0.3) is 0 Å². The van der Waals surface area contributed by atoms with Crippen molar-refractivity contribution in [1.29, 1.82) is 0 Å². The van der Waals surface area contributed by atoms with Gasteiger partial charge in [-0.3, -0.25) is 4.99 Å². The number of hydrogen-bond acceptors (Lipinski definition) is 3. The minimum absolute atomic E-state index is 0. The molecule has 2 saturated carbocycles. The lowest BCUT2D eigenvalue weighted by molar-refractivity contribution is 0.305. The zero-order valence-electron chi connectivity index (χ0n) is 16.2. The summed E-state index contributed by atoms with van der Waals surface area (Å²) in [5.74, 6) is 3.22. The maximum atomic E-state index is 11.7. The molecule has 2 aliphatic carbocycles. The molecule has 5 atom stereocenters. The number of nitrogens with zero attached hydrogens (tertiary/aromatic N) is 1. The maximum Gasteiger partial charge on any atom is 0.191 e. The van der Waals surface area contributed by atoms with Crippen LogP contribution < -0.4 is 10.6 Å². The highest BCUT2D eigenvalue weighted by atomic mass is 127. The molecule has 0 bridgehead atoms. The molecule has 3 fully saturated rings. The second-order valence-electron chi connectivity index (χ2n) is 8.73. The monoisotopic (exact) mass is 497 g/mol. The van der Waals surface area contributed by atoms with Gasteiger partial charge in [-0.15, -0.1) is 24.0 Å². The van der Waals surface area contributed by atoms with E-state index in [1.807, 2.05) is 0 Å². The Hall–Kier alpha value is -0.0500. The van der Waals surface area contributed by atoms with Crippen LogP contribution in [0.4, 0.5) is 0 Å². The zero-order chi connectivity index (χ0) is 17.9. The first-order chi connectivity index (χ1) is 11.9. The van der Waals surface area contributed by atoms with Crippen molar-refractivity contribution in [3.05, 3.63) is 0 Å². The Balaban J connectivity index is 0.00000243. The lowest BCUT2D eigenvalue weighted by atomic mass is 9.86. The standard InChI is InChI=1S/C19H35N3O2S.HI/c1-14-7-8-17(11-14)21-19(22-18-6-4-3-5-15(18)2)20-12-16-9-10-25(23,24)13-16;/h14-18H,3-13H2,1-2H3,(H2,20,21,22);1H. The molecule has 5 unspecified atom stereocenters. The molecule has 0 amide bonds. The van der Waals surface area contributed by atoms with Crippen molar-refractivity contribution in [2.24, 2.45) is 22.7 Å². The Morgan fingerprint density at radius 1 is 1.04 bits per heavy atom. The third-order valence-corrected chi connectivity index (χ3v) is 8.14. The summed E-state index contributed by atoms with van der Waals surface area (Å²) in [7, 11) is -2.82. The highest BCUT2D eigenvalue weighted by molar-refractivity contribution is 14.0. The summed E-state index contributed by atoms with van der Waals surface area (Å²) in [5.41, 5.74) is 0. The summed E-state index contributed by atoms with van der Waals surface area (Å²) >= 11 is 0. The summed E-state index contributed by atoms with van der Waals surface area (Å²) in [5, 5.41) is 7.33. The van der Waals surface area contributed by atoms with Crippen LogP contribution in [0.1, 0.15) is 65.2 Å². The van der Waals surface area contributed by atoms with Crippen LogP contribution in [-0.2, 0) is 9.84 Å². The van der Waals surface area contributed by atoms with E-state index in [-0.39, 0.29) is 29.9 Å². The van der Waals surface area contributed by atoms with Crippen molar-refractivity contribution in [1.82, 2.24) is 10.6 Å². The van der Waals surface area contributed by atoms with Crippen molar-refractivity contribution >= 4 is 39.8 Å². The fourth-order valence-electron chi connectivity index (χ4n) is 4.61. The molecule has 1 aliphatic heterocycles. The third kappa shape index (κ3) is 6.53. The molecular weight excluding hydrogens is 461 g/mol. The van der Waals surface area contributed by atoms with Crippen LogP contribution in [0, 0.1) is 17.8 Å². The SMILES string of the molecule is CC1CCC(NC(=NCC2CCS(=O)(=O)C2)NC2CCCCC2C)C1.I. The number of guanidine groups is 1. The van der Waals surface area contributed by atoms with E-state index in [4.69, 9.17) is 4.99 Å². The van der Waals surface area contributed by atoms with E-state index < -0.39 is 9.84 Å². The van der Waals surface area contributed by atoms with Gasteiger partial charge in [-0.2, -0.15) is 0 Å². The number of aliphatic imine (C=N–C) groups is 1. The normalized spacial score (nSPS) is 37.2. The molecule has 26 heavy (non-hydrogen) atoms. The second-order valence-corrected chi connectivity index (χ2v) is 11.0. The predicted molar refractivity (Wildman–Crippen MR) is 119 cm³/mol. The number of nitrogens with one attached hydrogen (secondary N) is 2. The summed E-state index contributed by atoms with van der Waals surface area (Å²) < 4.78 is 23.4. The summed E-state index contributed by atoms with van der Waals surface area (Å²) in [6.07, 6.45) is 9.58. The third-order valence-electron chi connectivity index (χ3n) is 6.30. The molecule has 1 heterocycles. The van der Waals surface area contributed by atoms with Gasteiger partial charge in [0.15, 0.2) is 15.8 Å². The van der Waals surface area contributed by atoms with E-state index in [0.29, 0.717) is 36.1 Å². The molecule has 5 nitrogen and oxygen atoms in total. The van der Waals surface area contributed by atoms with Gasteiger partial charge in [0.2, 0.25) is 0 Å². The van der Waals surface area contributed by atoms with E-state index in [2.05, 4.69) is 24.5 Å². The second kappa shape index (κ2) is 9.94. The van der Waals surface area contributed by atoms with Gasteiger partial charge in [0, 0.05) is 18.6 Å². The van der Waals surface area contributed by atoms with E-state index >= 15 is 0 Å². The number of sulfone groups is 1. The largest absolute Gasteiger partial charge is 0.354 e. The van der Waals surface area contributed by atoms with E-state index in [9.17, 15) is 8.42 Å². The molecule has 0 aromatic carbocycles. The van der Waals surface area contributed by atoms with Gasteiger partial charge in [-0.1, -0.05) is 26.7 Å². The van der Waals surface area contributed by atoms with Crippen LogP contribution in [0.3, 0.4) is 0 Å². The van der Waals surface area contributed by atoms with Gasteiger partial charge in [-0.05, 0) is 56.3 Å². The molecule has 152 valence electrons. The van der Waals surface area contributed by atoms with Crippen molar-refractivity contribution in [2.75, 3.05) is 18.1 Å². The summed E-state index contributed by atoms with van der Waals surface area (Å²) in [6.45, 7) is 5.27. The molecule has 0 radical (unpaired) electrons. The molecule has 7 heteroatoms. The predicted octanol–water partition coefficient (Wildman–Crippen LogP) is 3.34. The Kier molecular flexibility index (Phi) is 8.50. The van der Waals surface area contributed by atoms with Crippen LogP contribution in [0.2, 0.25) is 0 Å². The first-order valence-electron chi connectivity index (χ1n) is 10.2. The molecular formula is C19H36IN3O2S. The molecule has 0 spiro atoms. The van der Waals surface area contributed by atoms with Crippen LogP contribution in [0.5, 0.6) is 0 Å². The zero-order valence-corrected chi connectivity index (χ0v) is 19.4. The Morgan fingerprint density at radius 3 is 2.42 bits per heavy atom. The summed E-state index contributed by atoms with van der Waals surface area (Å²) in [4.78, 5) is 4.82. The lowest BCUT2D eigenvalue weighted by Gasteiger charge is -2.31. The van der Waals surface area contributed by atoms with Crippen LogP contribution in [0.15, 0.2) is 4.99 Å². The molecule has 2 N–H and O–H groups in total. The van der Waals surface area contributed by atoms with Gasteiger partial charge < -0.3 is 10.6 Å². The molecule has 3 aliphatic rings. The Bertz CT molecular complexity index is 581. The van der Waals surface area contributed by atoms with Crippen molar-refractivity contribution in [3.63, 3.8) is 0 Å². The van der Waals surface area contributed by atoms with Gasteiger partial charge in [-0.25, -0.2) is 8.42 Å². The van der Waals surface area contributed by atoms with Crippen LogP contribution >= 0.6 is 24.0 Å². The highest BCUT2D eigenvalue weighted by Gasteiger charge is 2.29. The van der Waals surface area contributed by atoms with Crippen LogP contribution in [-0.4, -0.2) is 44.5 Å². The summed E-state index contributed by atoms with van der Waals surface area (Å²) in [6, 6.07) is 0.999. The quantitative estimate of drug-likeness (QED) is 0.355. The van der Waals surface area contributed by atoms with Gasteiger partial charge in [0.05, 0.1) is 11.5 Å². The van der Waals surface area contributed by atoms with Gasteiger partial charge >= 0.3 is 0 Å². The molecule has 0 aromatic heterocycles. The molecule has 0 aromatic rings.